The van der Waals surface area contributed by atoms with Gasteiger partial charge in [0.25, 0.3) is 0 Å². The Balaban J connectivity index is 2.44. The molecule has 0 saturated carbocycles. The lowest BCUT2D eigenvalue weighted by Crippen LogP contribution is -2.23. The van der Waals surface area contributed by atoms with E-state index in [-0.39, 0.29) is 0 Å². The normalized spacial score (nSPS) is 12.7. The van der Waals surface area contributed by atoms with Gasteiger partial charge in [-0.3, -0.25) is 0 Å². The number of hydrogen-bond donors (Lipinski definition) is 1. The lowest BCUT2D eigenvalue weighted by molar-refractivity contribution is 0.481. The molecule has 1 nitrogen and oxygen atoms in total. The molecule has 2 rings (SSSR count). The van der Waals surface area contributed by atoms with Crippen LogP contribution in [-0.4, -0.2) is 6.54 Å². The quantitative estimate of drug-likeness (QED) is 0.719. The first-order chi connectivity index (χ1) is 9.54. The first-order valence-corrected chi connectivity index (χ1v) is 8.15. The maximum Gasteiger partial charge on any atom is 0.163 e. The molecule has 0 radical (unpaired) electrons. The molecule has 0 aliphatic rings. The van der Waals surface area contributed by atoms with Crippen molar-refractivity contribution in [2.45, 2.75) is 19.4 Å². The Morgan fingerprint density at radius 3 is 2.75 bits per heavy atom. The van der Waals surface area contributed by atoms with E-state index in [0.29, 0.717) is 17.1 Å². The first-order valence-electron chi connectivity index (χ1n) is 6.16. The molecule has 0 fully saturated rings. The summed E-state index contributed by atoms with van der Waals surface area (Å²) in [6.07, 6.45) is 0.897. The van der Waals surface area contributed by atoms with Crippen LogP contribution in [0, 0.1) is 11.6 Å². The standard InChI is InChI=1S/C14H13BrClF2NS/c1-2-6-19-13(11-7-9(16)14(15)20-11)8-4-3-5-10(17)12(8)18/h3-5,7,13,19H,2,6H2,1H3. The Kier molecular flexibility index (Phi) is 5.55. The van der Waals surface area contributed by atoms with Crippen LogP contribution in [0.3, 0.4) is 0 Å². The molecular formula is C14H13BrClF2NS. The molecule has 0 aliphatic carbocycles. The third-order valence-electron chi connectivity index (χ3n) is 2.84. The van der Waals surface area contributed by atoms with Crippen LogP contribution in [-0.2, 0) is 0 Å². The fraction of sp³-hybridized carbons (Fsp3) is 0.286. The van der Waals surface area contributed by atoms with Crippen molar-refractivity contribution in [3.05, 3.63) is 55.1 Å². The summed E-state index contributed by atoms with van der Waals surface area (Å²) in [5.74, 6) is -1.66. The summed E-state index contributed by atoms with van der Waals surface area (Å²) in [4.78, 5) is 0.847. The van der Waals surface area contributed by atoms with Crippen molar-refractivity contribution in [3.63, 3.8) is 0 Å². The molecule has 1 heterocycles. The zero-order chi connectivity index (χ0) is 14.7. The molecule has 6 heteroatoms. The van der Waals surface area contributed by atoms with Crippen LogP contribution in [0.25, 0.3) is 0 Å². The van der Waals surface area contributed by atoms with E-state index in [0.717, 1.165) is 21.2 Å². The topological polar surface area (TPSA) is 12.0 Å². The van der Waals surface area contributed by atoms with Gasteiger partial charge in [0.2, 0.25) is 0 Å². The molecule has 0 saturated heterocycles. The summed E-state index contributed by atoms with van der Waals surface area (Å²) in [6, 6.07) is 5.59. The van der Waals surface area contributed by atoms with Crippen molar-refractivity contribution in [3.8, 4) is 0 Å². The minimum Gasteiger partial charge on any atom is -0.306 e. The van der Waals surface area contributed by atoms with Gasteiger partial charge in [-0.25, -0.2) is 8.78 Å². The van der Waals surface area contributed by atoms with Crippen molar-refractivity contribution in [2.75, 3.05) is 6.54 Å². The van der Waals surface area contributed by atoms with E-state index in [2.05, 4.69) is 21.2 Å². The zero-order valence-electron chi connectivity index (χ0n) is 10.7. The Morgan fingerprint density at radius 2 is 2.15 bits per heavy atom. The van der Waals surface area contributed by atoms with E-state index < -0.39 is 17.7 Å². The van der Waals surface area contributed by atoms with Crippen molar-refractivity contribution in [1.82, 2.24) is 5.32 Å². The van der Waals surface area contributed by atoms with Crippen LogP contribution >= 0.6 is 38.9 Å². The van der Waals surface area contributed by atoms with E-state index in [9.17, 15) is 8.78 Å². The molecule has 1 aromatic heterocycles. The lowest BCUT2D eigenvalue weighted by atomic mass is 10.0. The van der Waals surface area contributed by atoms with Gasteiger partial charge in [0.15, 0.2) is 11.6 Å². The van der Waals surface area contributed by atoms with Crippen LogP contribution < -0.4 is 5.32 Å². The third kappa shape index (κ3) is 3.39. The summed E-state index contributed by atoms with van der Waals surface area (Å²) in [7, 11) is 0. The zero-order valence-corrected chi connectivity index (χ0v) is 13.9. The molecule has 1 unspecified atom stereocenters. The smallest absolute Gasteiger partial charge is 0.163 e. The fourth-order valence-electron chi connectivity index (χ4n) is 1.90. The van der Waals surface area contributed by atoms with Gasteiger partial charge < -0.3 is 5.32 Å². The van der Waals surface area contributed by atoms with Gasteiger partial charge in [-0.1, -0.05) is 30.7 Å². The number of halogens is 4. The first kappa shape index (κ1) is 15.9. The molecule has 1 aromatic carbocycles. The molecule has 0 spiro atoms. The molecule has 108 valence electrons. The number of nitrogens with one attached hydrogen (secondary N) is 1. The largest absolute Gasteiger partial charge is 0.306 e. The van der Waals surface area contributed by atoms with Crippen molar-refractivity contribution in [1.29, 1.82) is 0 Å². The van der Waals surface area contributed by atoms with Crippen molar-refractivity contribution in [2.24, 2.45) is 0 Å². The Hall–Kier alpha value is -0.490. The van der Waals surface area contributed by atoms with E-state index in [4.69, 9.17) is 11.6 Å². The number of benzene rings is 1. The number of thiophene rings is 1. The molecule has 20 heavy (non-hydrogen) atoms. The van der Waals surface area contributed by atoms with E-state index >= 15 is 0 Å². The van der Waals surface area contributed by atoms with Gasteiger partial charge in [-0.15, -0.1) is 11.3 Å². The molecule has 0 bridgehead atoms. The monoisotopic (exact) mass is 379 g/mol. The van der Waals surface area contributed by atoms with Gasteiger partial charge in [0.1, 0.15) is 0 Å². The Bertz CT molecular complexity index is 583. The highest BCUT2D eigenvalue weighted by Crippen LogP contribution is 2.38. The SMILES string of the molecule is CCCNC(c1cc(Cl)c(Br)s1)c1cccc(F)c1F. The summed E-state index contributed by atoms with van der Waals surface area (Å²) in [5.41, 5.74) is 0.295. The maximum atomic E-state index is 14.0. The second-order valence-electron chi connectivity index (χ2n) is 4.30. The predicted octanol–water partition coefficient (Wildman–Crippen LogP) is 5.53. The van der Waals surface area contributed by atoms with E-state index in [1.807, 2.05) is 6.92 Å². The maximum absolute atomic E-state index is 14.0. The Labute approximate surface area is 134 Å². The molecule has 0 aliphatic heterocycles. The average molecular weight is 381 g/mol. The summed E-state index contributed by atoms with van der Waals surface area (Å²) in [6.45, 7) is 2.72. The Morgan fingerprint density at radius 1 is 1.40 bits per heavy atom. The van der Waals surface area contributed by atoms with Crippen LogP contribution in [0.15, 0.2) is 28.1 Å². The number of rotatable bonds is 5. The predicted molar refractivity (Wildman–Crippen MR) is 83.5 cm³/mol. The van der Waals surface area contributed by atoms with Gasteiger partial charge in [-0.2, -0.15) is 0 Å². The van der Waals surface area contributed by atoms with Crippen LogP contribution in [0.4, 0.5) is 8.78 Å². The summed E-state index contributed by atoms with van der Waals surface area (Å²) in [5, 5.41) is 3.81. The van der Waals surface area contributed by atoms with Crippen LogP contribution in [0.5, 0.6) is 0 Å². The summed E-state index contributed by atoms with van der Waals surface area (Å²) < 4.78 is 28.2. The fourth-order valence-corrected chi connectivity index (χ4v) is 3.74. The molecule has 2 aromatic rings. The van der Waals surface area contributed by atoms with Gasteiger partial charge in [0, 0.05) is 10.4 Å². The van der Waals surface area contributed by atoms with Crippen LogP contribution in [0.2, 0.25) is 5.02 Å². The molecule has 0 amide bonds. The summed E-state index contributed by atoms with van der Waals surface area (Å²) >= 11 is 10.8. The average Bonchev–Trinajstić information content (AvgIpc) is 2.74. The van der Waals surface area contributed by atoms with Gasteiger partial charge >= 0.3 is 0 Å². The minimum absolute atomic E-state index is 0.295. The van der Waals surface area contributed by atoms with E-state index in [1.165, 1.54) is 17.4 Å². The van der Waals surface area contributed by atoms with Crippen molar-refractivity contribution < 1.29 is 8.78 Å². The highest BCUT2D eigenvalue weighted by atomic mass is 79.9. The molecular weight excluding hydrogens is 368 g/mol. The second-order valence-corrected chi connectivity index (χ2v) is 7.11. The minimum atomic E-state index is -0.840. The van der Waals surface area contributed by atoms with E-state index in [1.54, 1.807) is 12.1 Å². The number of hydrogen-bond acceptors (Lipinski definition) is 2. The lowest BCUT2D eigenvalue weighted by Gasteiger charge is -2.18. The third-order valence-corrected chi connectivity index (χ3v) is 5.38. The molecule has 1 N–H and O–H groups in total. The van der Waals surface area contributed by atoms with Gasteiger partial charge in [0.05, 0.1) is 14.9 Å². The second kappa shape index (κ2) is 6.98. The highest BCUT2D eigenvalue weighted by molar-refractivity contribution is 9.11. The van der Waals surface area contributed by atoms with Gasteiger partial charge in [-0.05, 0) is 41.0 Å². The van der Waals surface area contributed by atoms with Crippen LogP contribution in [0.1, 0.15) is 29.8 Å². The highest BCUT2D eigenvalue weighted by Gasteiger charge is 2.22. The molecule has 1 atom stereocenters. The van der Waals surface area contributed by atoms with Crippen molar-refractivity contribution >= 4 is 38.9 Å².